The molecule has 3 heterocycles. The summed E-state index contributed by atoms with van der Waals surface area (Å²) in [7, 11) is 0. The van der Waals surface area contributed by atoms with E-state index < -0.39 is 11.2 Å². The average Bonchev–Trinajstić information content (AvgIpc) is 3.10. The fourth-order valence-corrected chi connectivity index (χ4v) is 5.73. The van der Waals surface area contributed by atoms with Gasteiger partial charge < -0.3 is 4.55 Å². The van der Waals surface area contributed by atoms with Crippen molar-refractivity contribution in [2.75, 3.05) is 12.3 Å². The third-order valence-corrected chi connectivity index (χ3v) is 6.82. The number of para-hydroxylation sites is 2. The van der Waals surface area contributed by atoms with E-state index in [1.165, 1.54) is 4.91 Å². The Labute approximate surface area is 130 Å². The van der Waals surface area contributed by atoms with Crippen molar-refractivity contribution in [3.05, 3.63) is 35.2 Å². The molecule has 21 heavy (non-hydrogen) atoms. The molecule has 1 N–H and O–H groups in total. The largest absolute Gasteiger partial charge is 0.609 e. The Hall–Kier alpha value is -1.24. The van der Waals surface area contributed by atoms with Crippen LogP contribution in [0.15, 0.2) is 45.4 Å². The Balaban J connectivity index is 1.47. The molecule has 0 bridgehead atoms. The summed E-state index contributed by atoms with van der Waals surface area (Å²) >= 11 is 0.785. The first-order chi connectivity index (χ1) is 10.3. The van der Waals surface area contributed by atoms with Crippen molar-refractivity contribution in [2.24, 2.45) is 10.9 Å². The van der Waals surface area contributed by atoms with E-state index in [4.69, 9.17) is 0 Å². The molecule has 4 rings (SSSR count). The predicted octanol–water partition coefficient (Wildman–Crippen LogP) is 2.76. The molecule has 3 unspecified atom stereocenters. The summed E-state index contributed by atoms with van der Waals surface area (Å²) in [4.78, 5) is 13.3. The number of hydrogen-bond donors (Lipinski definition) is 1. The van der Waals surface area contributed by atoms with Gasteiger partial charge in [0.2, 0.25) is 0 Å². The van der Waals surface area contributed by atoms with Gasteiger partial charge in [-0.1, -0.05) is 12.1 Å². The molecule has 2 aromatic rings. The van der Waals surface area contributed by atoms with E-state index in [0.717, 1.165) is 24.0 Å². The molecule has 0 aliphatic carbocycles. The Bertz CT molecular complexity index is 692. The number of aromatic nitrogens is 2. The number of rotatable bonds is 3. The zero-order valence-electron chi connectivity index (χ0n) is 11.4. The lowest BCUT2D eigenvalue weighted by atomic mass is 10.0. The number of imidazole rings is 1. The van der Waals surface area contributed by atoms with Gasteiger partial charge in [0, 0.05) is 29.9 Å². The van der Waals surface area contributed by atoms with E-state index in [1.807, 2.05) is 42.2 Å². The highest BCUT2D eigenvalue weighted by Crippen LogP contribution is 2.43. The van der Waals surface area contributed by atoms with Gasteiger partial charge in [-0.2, -0.15) is 4.98 Å². The fraction of sp³-hybridized carbons (Fsp3) is 0.333. The number of nitrogens with one attached hydrogen (secondary N) is 1. The lowest BCUT2D eigenvalue weighted by Gasteiger charge is -2.11. The van der Waals surface area contributed by atoms with Crippen LogP contribution in [-0.4, -0.2) is 38.3 Å². The molecule has 0 spiro atoms. The first-order valence-corrected chi connectivity index (χ1v) is 9.19. The zero-order valence-corrected chi connectivity index (χ0v) is 13.0. The highest BCUT2D eigenvalue weighted by molar-refractivity contribution is 8.05. The van der Waals surface area contributed by atoms with E-state index in [2.05, 4.69) is 21.0 Å². The molecule has 1 aromatic heterocycles. The molecule has 3 atom stereocenters. The molecule has 1 aromatic carbocycles. The number of aromatic amines is 1. The van der Waals surface area contributed by atoms with Gasteiger partial charge in [-0.05, 0) is 29.5 Å². The Morgan fingerprint density at radius 1 is 1.38 bits per heavy atom. The van der Waals surface area contributed by atoms with E-state index in [0.29, 0.717) is 22.1 Å². The van der Waals surface area contributed by atoms with Gasteiger partial charge in [0.25, 0.3) is 0 Å². The summed E-state index contributed by atoms with van der Waals surface area (Å²) < 4.78 is 12.5. The Kier molecular flexibility index (Phi) is 3.52. The van der Waals surface area contributed by atoms with E-state index in [9.17, 15) is 4.55 Å². The maximum atomic E-state index is 12.5. The molecule has 2 aliphatic heterocycles. The Morgan fingerprint density at radius 3 is 3.14 bits per heavy atom. The molecular formula is C15H15N3OS2. The van der Waals surface area contributed by atoms with Crippen LogP contribution in [0.2, 0.25) is 0 Å². The minimum absolute atomic E-state index is 0.400. The van der Waals surface area contributed by atoms with Crippen LogP contribution in [0.4, 0.5) is 0 Å². The number of benzene rings is 1. The topological polar surface area (TPSA) is 64.1 Å². The van der Waals surface area contributed by atoms with Gasteiger partial charge in [-0.25, -0.2) is 0 Å². The molecule has 0 amide bonds. The monoisotopic (exact) mass is 317 g/mol. The van der Waals surface area contributed by atoms with Gasteiger partial charge in [0.05, 0.1) is 16.3 Å². The van der Waals surface area contributed by atoms with E-state index in [-0.39, 0.29) is 0 Å². The molecule has 108 valence electrons. The minimum atomic E-state index is -1.07. The summed E-state index contributed by atoms with van der Waals surface area (Å²) in [6.07, 6.45) is 5.06. The number of fused-ring (bicyclic) bond motifs is 2. The SMILES string of the molecule is [O-][S+](CC1CC2CN=CC=C2S1)c1nc2ccccc2[nH]1. The summed E-state index contributed by atoms with van der Waals surface area (Å²) in [5, 5.41) is 0.994. The molecule has 0 saturated carbocycles. The normalized spacial score (nSPS) is 25.9. The second-order valence-corrected chi connectivity index (χ2v) is 8.11. The highest BCUT2D eigenvalue weighted by atomic mass is 32.2. The average molecular weight is 317 g/mol. The standard InChI is InChI=1S/C15H15N3OS2/c19-21(15-17-12-3-1-2-4-13(12)18-15)9-11-7-10-8-16-6-5-14(10)20-11/h1-6,10-11H,7-9H2,(H,17,18). The van der Waals surface area contributed by atoms with E-state index in [1.54, 1.807) is 0 Å². The van der Waals surface area contributed by atoms with Crippen molar-refractivity contribution in [3.63, 3.8) is 0 Å². The quantitative estimate of drug-likeness (QED) is 0.885. The maximum Gasteiger partial charge on any atom is 0.321 e. The van der Waals surface area contributed by atoms with Crippen LogP contribution in [-0.2, 0) is 11.2 Å². The number of thioether (sulfide) groups is 1. The Morgan fingerprint density at radius 2 is 2.29 bits per heavy atom. The van der Waals surface area contributed by atoms with Crippen LogP contribution < -0.4 is 0 Å². The lowest BCUT2D eigenvalue weighted by Crippen LogP contribution is -2.18. The summed E-state index contributed by atoms with van der Waals surface area (Å²) in [6, 6.07) is 7.80. The van der Waals surface area contributed by atoms with Crippen LogP contribution in [0, 0.1) is 5.92 Å². The van der Waals surface area contributed by atoms with Crippen LogP contribution >= 0.6 is 11.8 Å². The lowest BCUT2D eigenvalue weighted by molar-refractivity contribution is 0.575. The third kappa shape index (κ3) is 2.63. The summed E-state index contributed by atoms with van der Waals surface area (Å²) in [5.41, 5.74) is 1.83. The molecule has 2 aliphatic rings. The second-order valence-electron chi connectivity index (χ2n) is 5.33. The molecule has 0 radical (unpaired) electrons. The number of allylic oxidation sites excluding steroid dienone is 1. The van der Waals surface area contributed by atoms with Crippen molar-refractivity contribution in [2.45, 2.75) is 16.8 Å². The second kappa shape index (κ2) is 5.51. The zero-order chi connectivity index (χ0) is 14.2. The number of nitrogens with zero attached hydrogens (tertiary/aromatic N) is 2. The van der Waals surface area contributed by atoms with Gasteiger partial charge in [-0.3, -0.25) is 9.98 Å². The minimum Gasteiger partial charge on any atom is -0.609 e. The first kappa shape index (κ1) is 13.4. The van der Waals surface area contributed by atoms with Crippen LogP contribution in [0.3, 0.4) is 0 Å². The van der Waals surface area contributed by atoms with Crippen LogP contribution in [0.25, 0.3) is 11.0 Å². The number of dihydropyridines is 1. The smallest absolute Gasteiger partial charge is 0.321 e. The van der Waals surface area contributed by atoms with Crippen molar-refractivity contribution in [3.8, 4) is 0 Å². The van der Waals surface area contributed by atoms with Crippen molar-refractivity contribution >= 4 is 40.2 Å². The third-order valence-electron chi connectivity index (χ3n) is 3.84. The van der Waals surface area contributed by atoms with Crippen molar-refractivity contribution in [1.82, 2.24) is 9.97 Å². The molecule has 6 heteroatoms. The molecule has 4 nitrogen and oxygen atoms in total. The number of H-pyrrole nitrogens is 1. The fourth-order valence-electron chi connectivity index (χ4n) is 2.81. The maximum absolute atomic E-state index is 12.5. The van der Waals surface area contributed by atoms with Gasteiger partial charge in [0.15, 0.2) is 0 Å². The number of aliphatic imine (C=N–C) groups is 1. The molecular weight excluding hydrogens is 302 g/mol. The van der Waals surface area contributed by atoms with Gasteiger partial charge >= 0.3 is 5.16 Å². The predicted molar refractivity (Wildman–Crippen MR) is 88.3 cm³/mol. The summed E-state index contributed by atoms with van der Waals surface area (Å²) in [6.45, 7) is 0.882. The molecule has 1 saturated heterocycles. The van der Waals surface area contributed by atoms with Gasteiger partial charge in [-0.15, -0.1) is 11.8 Å². The summed E-state index contributed by atoms with van der Waals surface area (Å²) in [5.74, 6) is 1.19. The van der Waals surface area contributed by atoms with E-state index >= 15 is 0 Å². The van der Waals surface area contributed by atoms with Gasteiger partial charge in [0.1, 0.15) is 5.75 Å². The first-order valence-electron chi connectivity index (χ1n) is 6.99. The van der Waals surface area contributed by atoms with Crippen LogP contribution in [0.1, 0.15) is 6.42 Å². The van der Waals surface area contributed by atoms with Crippen molar-refractivity contribution in [1.29, 1.82) is 0 Å². The van der Waals surface area contributed by atoms with Crippen LogP contribution in [0.5, 0.6) is 0 Å². The molecule has 1 fully saturated rings. The highest BCUT2D eigenvalue weighted by Gasteiger charge is 2.34. The van der Waals surface area contributed by atoms with Crippen molar-refractivity contribution < 1.29 is 4.55 Å². The number of hydrogen-bond acceptors (Lipinski definition) is 4.